The summed E-state index contributed by atoms with van der Waals surface area (Å²) in [6, 6.07) is 17.9. The van der Waals surface area contributed by atoms with Crippen molar-refractivity contribution in [3.63, 3.8) is 0 Å². The van der Waals surface area contributed by atoms with E-state index < -0.39 is 17.1 Å². The van der Waals surface area contributed by atoms with Crippen LogP contribution in [0.5, 0.6) is 11.5 Å². The molecule has 4 rings (SSSR count). The highest BCUT2D eigenvalue weighted by Crippen LogP contribution is 2.41. The molecule has 208 valence electrons. The van der Waals surface area contributed by atoms with Gasteiger partial charge in [0.05, 0.1) is 37.4 Å². The molecule has 0 spiro atoms. The van der Waals surface area contributed by atoms with Crippen molar-refractivity contribution in [2.75, 3.05) is 34.9 Å². The van der Waals surface area contributed by atoms with Gasteiger partial charge in [0, 0.05) is 12.5 Å². The minimum Gasteiger partial charge on any atom is -0.497 e. The molecule has 0 aromatic heterocycles. The third-order valence-corrected chi connectivity index (χ3v) is 8.27. The van der Waals surface area contributed by atoms with E-state index in [0.717, 1.165) is 81.4 Å². The lowest BCUT2D eigenvalue weighted by Crippen LogP contribution is -2.42. The van der Waals surface area contributed by atoms with Crippen LogP contribution in [0.3, 0.4) is 0 Å². The van der Waals surface area contributed by atoms with Crippen molar-refractivity contribution in [2.24, 2.45) is 0 Å². The summed E-state index contributed by atoms with van der Waals surface area (Å²) < 4.78 is 10.3. The number of benzene rings is 2. The van der Waals surface area contributed by atoms with E-state index in [2.05, 4.69) is 37.2 Å². The van der Waals surface area contributed by atoms with Crippen LogP contribution in [-0.2, 0) is 0 Å². The van der Waals surface area contributed by atoms with Crippen molar-refractivity contribution in [1.82, 2.24) is 4.90 Å². The first-order chi connectivity index (χ1) is 18.2. The molecule has 2 N–H and O–H groups in total. The SMILES string of the molecule is COc1ccc(C(C#N)C2(O)CCCCC2)cc1.COc1ccc(C(CN(C)C)C2(O)CCCCC2)cc1. The van der Waals surface area contributed by atoms with E-state index in [1.165, 1.54) is 12.0 Å². The van der Waals surface area contributed by atoms with Crippen LogP contribution in [-0.4, -0.2) is 61.2 Å². The van der Waals surface area contributed by atoms with E-state index in [1.54, 1.807) is 14.2 Å². The van der Waals surface area contributed by atoms with Crippen molar-refractivity contribution >= 4 is 0 Å². The number of aliphatic hydroxyl groups is 2. The molecule has 2 aliphatic carbocycles. The molecule has 6 heteroatoms. The standard InChI is InChI=1S/C17H27NO2.C15H19NO2/c1-18(2)13-16(17(19)11-5-4-6-12-17)14-7-9-15(20-3)10-8-14;1-18-13-7-5-12(6-8-13)14(11-16)15(17)9-3-2-4-10-15/h7-10,16,19H,4-6,11-13H2,1-3H3;5-8,14,17H,2-4,9-10H2,1H3. The zero-order valence-corrected chi connectivity index (χ0v) is 23.7. The molecule has 0 bridgehead atoms. The largest absolute Gasteiger partial charge is 0.497 e. The van der Waals surface area contributed by atoms with Crippen LogP contribution in [0, 0.1) is 11.3 Å². The molecule has 0 radical (unpaired) electrons. The molecule has 2 unspecified atom stereocenters. The molecule has 2 aromatic carbocycles. The number of hydrogen-bond acceptors (Lipinski definition) is 6. The summed E-state index contributed by atoms with van der Waals surface area (Å²) in [7, 11) is 7.44. The Morgan fingerprint density at radius 3 is 1.55 bits per heavy atom. The number of rotatable bonds is 8. The first-order valence-electron chi connectivity index (χ1n) is 14.0. The van der Waals surface area contributed by atoms with Crippen LogP contribution in [0.4, 0.5) is 0 Å². The summed E-state index contributed by atoms with van der Waals surface area (Å²) in [5.74, 6) is 1.37. The van der Waals surface area contributed by atoms with Gasteiger partial charge in [-0.05, 0) is 75.2 Å². The highest BCUT2D eigenvalue weighted by atomic mass is 16.5. The quantitative estimate of drug-likeness (QED) is 0.440. The highest BCUT2D eigenvalue weighted by Gasteiger charge is 2.40. The molecule has 0 heterocycles. The van der Waals surface area contributed by atoms with Gasteiger partial charge in [0.25, 0.3) is 0 Å². The predicted molar refractivity (Wildman–Crippen MR) is 152 cm³/mol. The smallest absolute Gasteiger partial charge is 0.118 e. The maximum Gasteiger partial charge on any atom is 0.118 e. The average Bonchev–Trinajstić information content (AvgIpc) is 2.93. The predicted octanol–water partition coefficient (Wildman–Crippen LogP) is 6.03. The highest BCUT2D eigenvalue weighted by molar-refractivity contribution is 5.34. The maximum atomic E-state index is 11.1. The summed E-state index contributed by atoms with van der Waals surface area (Å²) in [6.07, 6.45) is 9.95. The van der Waals surface area contributed by atoms with Gasteiger partial charge in [0.2, 0.25) is 0 Å². The lowest BCUT2D eigenvalue weighted by Gasteiger charge is -2.40. The van der Waals surface area contributed by atoms with Crippen molar-refractivity contribution in [2.45, 2.75) is 87.2 Å². The third kappa shape index (κ3) is 7.72. The van der Waals surface area contributed by atoms with Gasteiger partial charge < -0.3 is 24.6 Å². The van der Waals surface area contributed by atoms with E-state index in [0.29, 0.717) is 0 Å². The molecular formula is C32H46N2O4. The number of nitrogens with zero attached hydrogens (tertiary/aromatic N) is 2. The second kappa shape index (κ2) is 14.0. The van der Waals surface area contributed by atoms with Gasteiger partial charge in [-0.3, -0.25) is 0 Å². The van der Waals surface area contributed by atoms with Crippen molar-refractivity contribution in [3.8, 4) is 17.6 Å². The van der Waals surface area contributed by atoms with E-state index in [-0.39, 0.29) is 5.92 Å². The summed E-state index contributed by atoms with van der Waals surface area (Å²) in [5, 5.41) is 31.1. The monoisotopic (exact) mass is 522 g/mol. The minimum absolute atomic E-state index is 0.170. The molecule has 38 heavy (non-hydrogen) atoms. The third-order valence-electron chi connectivity index (χ3n) is 8.27. The van der Waals surface area contributed by atoms with Gasteiger partial charge in [-0.25, -0.2) is 0 Å². The normalized spacial score (nSPS) is 19.8. The van der Waals surface area contributed by atoms with Gasteiger partial charge in [-0.2, -0.15) is 5.26 Å². The van der Waals surface area contributed by atoms with Crippen LogP contribution in [0.25, 0.3) is 0 Å². The Labute approximate surface area is 229 Å². The van der Waals surface area contributed by atoms with Crippen LogP contribution in [0.15, 0.2) is 48.5 Å². The Morgan fingerprint density at radius 2 is 1.16 bits per heavy atom. The average molecular weight is 523 g/mol. The second-order valence-electron chi connectivity index (χ2n) is 11.3. The number of hydrogen-bond donors (Lipinski definition) is 2. The molecular weight excluding hydrogens is 476 g/mol. The topological polar surface area (TPSA) is 86.0 Å². The maximum absolute atomic E-state index is 11.1. The Morgan fingerprint density at radius 1 is 0.737 bits per heavy atom. The molecule has 2 atom stereocenters. The first kappa shape index (κ1) is 30.0. The molecule has 2 aliphatic rings. The Hall–Kier alpha value is -2.59. The van der Waals surface area contributed by atoms with E-state index in [9.17, 15) is 15.5 Å². The number of likely N-dealkylation sites (N-methyl/N-ethyl adjacent to an activating group) is 1. The van der Waals surface area contributed by atoms with Crippen LogP contribution < -0.4 is 9.47 Å². The van der Waals surface area contributed by atoms with Crippen LogP contribution >= 0.6 is 0 Å². The lowest BCUT2D eigenvalue weighted by molar-refractivity contribution is -0.0277. The molecule has 6 nitrogen and oxygen atoms in total. The first-order valence-corrected chi connectivity index (χ1v) is 14.0. The second-order valence-corrected chi connectivity index (χ2v) is 11.3. The zero-order valence-electron chi connectivity index (χ0n) is 23.7. The Balaban J connectivity index is 0.000000212. The fraction of sp³-hybridized carbons (Fsp3) is 0.594. The van der Waals surface area contributed by atoms with Crippen molar-refractivity contribution in [1.29, 1.82) is 5.26 Å². The summed E-state index contributed by atoms with van der Waals surface area (Å²) >= 11 is 0. The van der Waals surface area contributed by atoms with Crippen LogP contribution in [0.1, 0.15) is 87.2 Å². The molecule has 0 saturated heterocycles. The minimum atomic E-state index is -0.860. The fourth-order valence-corrected chi connectivity index (χ4v) is 6.05. The van der Waals surface area contributed by atoms with Crippen LogP contribution in [0.2, 0.25) is 0 Å². The fourth-order valence-electron chi connectivity index (χ4n) is 6.05. The van der Waals surface area contributed by atoms with E-state index in [4.69, 9.17) is 9.47 Å². The summed E-state index contributed by atoms with van der Waals surface area (Å²) in [4.78, 5) is 2.17. The van der Waals surface area contributed by atoms with E-state index in [1.807, 2.05) is 36.4 Å². The van der Waals surface area contributed by atoms with Gasteiger partial charge in [-0.15, -0.1) is 0 Å². The van der Waals surface area contributed by atoms with Gasteiger partial charge in [0.15, 0.2) is 0 Å². The van der Waals surface area contributed by atoms with Gasteiger partial charge in [-0.1, -0.05) is 62.8 Å². The molecule has 2 saturated carbocycles. The Bertz CT molecular complexity index is 1000. The summed E-state index contributed by atoms with van der Waals surface area (Å²) in [6.45, 7) is 0.878. The number of methoxy groups -OCH3 is 2. The zero-order chi connectivity index (χ0) is 27.6. The van der Waals surface area contributed by atoms with E-state index >= 15 is 0 Å². The lowest BCUT2D eigenvalue weighted by atomic mass is 9.72. The summed E-state index contributed by atoms with van der Waals surface area (Å²) in [5.41, 5.74) is 0.671. The Kier molecular flexibility index (Phi) is 11.0. The molecule has 2 fully saturated rings. The molecule has 0 aliphatic heterocycles. The van der Waals surface area contributed by atoms with Gasteiger partial charge in [0.1, 0.15) is 11.5 Å². The van der Waals surface area contributed by atoms with Gasteiger partial charge >= 0.3 is 0 Å². The number of ether oxygens (including phenoxy) is 2. The number of nitriles is 1. The molecule has 2 aromatic rings. The van der Waals surface area contributed by atoms with Crippen molar-refractivity contribution in [3.05, 3.63) is 59.7 Å². The molecule has 0 amide bonds. The van der Waals surface area contributed by atoms with Crippen molar-refractivity contribution < 1.29 is 19.7 Å².